The monoisotopic (exact) mass is 401 g/mol. The Morgan fingerprint density at radius 2 is 1.89 bits per heavy atom. The van der Waals surface area contributed by atoms with Crippen molar-refractivity contribution in [2.45, 2.75) is 64.8 Å². The number of hydrogen-bond acceptors (Lipinski definition) is 4. The number of unbranched alkanes of at least 4 members (excludes halogenated alkanes) is 1. The molecule has 0 radical (unpaired) electrons. The van der Waals surface area contributed by atoms with Crippen LogP contribution in [0.25, 0.3) is 0 Å². The molecule has 1 saturated heterocycles. The van der Waals surface area contributed by atoms with Gasteiger partial charge >= 0.3 is 0 Å². The largest absolute Gasteiger partial charge is 0.357 e. The summed E-state index contributed by atoms with van der Waals surface area (Å²) in [4.78, 5) is 7.02. The van der Waals surface area contributed by atoms with Crippen LogP contribution in [0.3, 0.4) is 0 Å². The Morgan fingerprint density at radius 1 is 1.15 bits per heavy atom. The number of sulfonamides is 1. The van der Waals surface area contributed by atoms with E-state index >= 15 is 0 Å². The van der Waals surface area contributed by atoms with Crippen LogP contribution >= 0.6 is 0 Å². The Kier molecular flexibility index (Phi) is 9.86. The van der Waals surface area contributed by atoms with Crippen molar-refractivity contribution in [2.75, 3.05) is 45.0 Å². The molecule has 0 spiro atoms. The third-order valence-corrected chi connectivity index (χ3v) is 6.87. The van der Waals surface area contributed by atoms with E-state index in [0.29, 0.717) is 18.5 Å². The van der Waals surface area contributed by atoms with Crippen molar-refractivity contribution in [3.05, 3.63) is 0 Å². The molecule has 0 amide bonds. The molecule has 0 aromatic carbocycles. The SMILES string of the molecule is CCCCN1CCC(NC(=NCCS(=O)(=O)NCC2CCC2)NCC)CC1. The van der Waals surface area contributed by atoms with Crippen LogP contribution in [0.5, 0.6) is 0 Å². The molecule has 3 N–H and O–H groups in total. The molecule has 0 aromatic rings. The van der Waals surface area contributed by atoms with Crippen LogP contribution in [-0.2, 0) is 10.0 Å². The van der Waals surface area contributed by atoms with Crippen molar-refractivity contribution in [3.63, 3.8) is 0 Å². The standard InChI is InChI=1S/C19H39N5O2S/c1-3-5-12-24-13-9-18(10-14-24)23-19(20-4-2)21-11-15-27(25,26)22-16-17-7-6-8-17/h17-18,22H,3-16H2,1-2H3,(H2,20,21,23). The fourth-order valence-corrected chi connectivity index (χ4v) is 4.45. The van der Waals surface area contributed by atoms with Gasteiger partial charge in [0, 0.05) is 32.2 Å². The van der Waals surface area contributed by atoms with E-state index in [1.807, 2.05) is 6.92 Å². The second-order valence-corrected chi connectivity index (χ2v) is 9.77. The number of nitrogens with one attached hydrogen (secondary N) is 3. The highest BCUT2D eigenvalue weighted by molar-refractivity contribution is 7.89. The highest BCUT2D eigenvalue weighted by Gasteiger charge is 2.21. The molecule has 0 bridgehead atoms. The molecule has 1 heterocycles. The number of nitrogens with zero attached hydrogens (tertiary/aromatic N) is 2. The van der Waals surface area contributed by atoms with Gasteiger partial charge in [-0.3, -0.25) is 4.99 Å². The van der Waals surface area contributed by atoms with Crippen LogP contribution in [0.1, 0.15) is 58.8 Å². The van der Waals surface area contributed by atoms with Crippen molar-refractivity contribution in [1.82, 2.24) is 20.3 Å². The zero-order valence-electron chi connectivity index (χ0n) is 17.2. The van der Waals surface area contributed by atoms with Crippen LogP contribution in [0.15, 0.2) is 4.99 Å². The third kappa shape index (κ3) is 8.79. The predicted octanol–water partition coefficient (Wildman–Crippen LogP) is 1.53. The molecule has 2 aliphatic rings. The molecule has 27 heavy (non-hydrogen) atoms. The second kappa shape index (κ2) is 11.9. The van der Waals surface area contributed by atoms with Crippen LogP contribution in [0, 0.1) is 5.92 Å². The molecule has 1 aliphatic carbocycles. The van der Waals surface area contributed by atoms with E-state index in [2.05, 4.69) is 32.2 Å². The van der Waals surface area contributed by atoms with Crippen LogP contribution in [0.2, 0.25) is 0 Å². The Morgan fingerprint density at radius 3 is 2.48 bits per heavy atom. The van der Waals surface area contributed by atoms with Gasteiger partial charge in [-0.1, -0.05) is 19.8 Å². The molecule has 0 unspecified atom stereocenters. The fraction of sp³-hybridized carbons (Fsp3) is 0.947. The molecular weight excluding hydrogens is 362 g/mol. The summed E-state index contributed by atoms with van der Waals surface area (Å²) < 4.78 is 26.9. The summed E-state index contributed by atoms with van der Waals surface area (Å²) in [5.41, 5.74) is 0. The lowest BCUT2D eigenvalue weighted by molar-refractivity contribution is 0.203. The van der Waals surface area contributed by atoms with E-state index in [1.165, 1.54) is 25.8 Å². The molecular formula is C19H39N5O2S. The van der Waals surface area contributed by atoms with E-state index < -0.39 is 10.0 Å². The Hall–Kier alpha value is -0.860. The van der Waals surface area contributed by atoms with Gasteiger partial charge < -0.3 is 15.5 Å². The van der Waals surface area contributed by atoms with Crippen LogP contribution in [-0.4, -0.2) is 70.3 Å². The Labute approximate surface area is 165 Å². The van der Waals surface area contributed by atoms with Crippen LogP contribution in [0.4, 0.5) is 0 Å². The maximum Gasteiger partial charge on any atom is 0.213 e. The maximum absolute atomic E-state index is 12.1. The average Bonchev–Trinajstić information content (AvgIpc) is 2.59. The third-order valence-electron chi connectivity index (χ3n) is 5.55. The number of piperidine rings is 1. The van der Waals surface area contributed by atoms with Gasteiger partial charge in [0.1, 0.15) is 0 Å². The lowest BCUT2D eigenvalue weighted by atomic mass is 9.86. The molecule has 1 aliphatic heterocycles. The van der Waals surface area contributed by atoms with Gasteiger partial charge in [-0.05, 0) is 51.5 Å². The predicted molar refractivity (Wildman–Crippen MR) is 113 cm³/mol. The molecule has 158 valence electrons. The number of rotatable bonds is 11. The van der Waals surface area contributed by atoms with E-state index in [4.69, 9.17) is 0 Å². The summed E-state index contributed by atoms with van der Waals surface area (Å²) in [5, 5.41) is 6.73. The zero-order chi connectivity index (χ0) is 19.5. The van der Waals surface area contributed by atoms with Crippen molar-refractivity contribution in [3.8, 4) is 0 Å². The fourth-order valence-electron chi connectivity index (χ4n) is 3.49. The minimum absolute atomic E-state index is 0.0474. The summed E-state index contributed by atoms with van der Waals surface area (Å²) >= 11 is 0. The number of guanidine groups is 1. The highest BCUT2D eigenvalue weighted by Crippen LogP contribution is 2.25. The van der Waals surface area contributed by atoms with Gasteiger partial charge in [0.15, 0.2) is 5.96 Å². The van der Waals surface area contributed by atoms with Gasteiger partial charge in [-0.2, -0.15) is 0 Å². The van der Waals surface area contributed by atoms with Crippen molar-refractivity contribution in [1.29, 1.82) is 0 Å². The summed E-state index contributed by atoms with van der Waals surface area (Å²) in [5.74, 6) is 1.32. The average molecular weight is 402 g/mol. The number of hydrogen-bond donors (Lipinski definition) is 3. The summed E-state index contributed by atoms with van der Waals surface area (Å²) in [6.07, 6.45) is 8.24. The van der Waals surface area contributed by atoms with Gasteiger partial charge in [0.25, 0.3) is 0 Å². The molecule has 7 nitrogen and oxygen atoms in total. The Balaban J connectivity index is 1.71. The normalized spacial score (nSPS) is 20.4. The molecule has 0 aromatic heterocycles. The van der Waals surface area contributed by atoms with Crippen molar-refractivity contribution >= 4 is 16.0 Å². The van der Waals surface area contributed by atoms with Crippen molar-refractivity contribution in [2.24, 2.45) is 10.9 Å². The summed E-state index contributed by atoms with van der Waals surface area (Å²) in [7, 11) is -3.23. The molecule has 0 atom stereocenters. The highest BCUT2D eigenvalue weighted by atomic mass is 32.2. The minimum Gasteiger partial charge on any atom is -0.357 e. The number of likely N-dealkylation sites (tertiary alicyclic amines) is 1. The molecule has 1 saturated carbocycles. The van der Waals surface area contributed by atoms with E-state index in [1.54, 1.807) is 0 Å². The first-order valence-electron chi connectivity index (χ1n) is 10.8. The van der Waals surface area contributed by atoms with Gasteiger partial charge in [0.2, 0.25) is 10.0 Å². The minimum atomic E-state index is -3.23. The molecule has 2 fully saturated rings. The second-order valence-electron chi connectivity index (χ2n) is 7.84. The maximum atomic E-state index is 12.1. The number of aliphatic imine (C=N–C) groups is 1. The van der Waals surface area contributed by atoms with Crippen LogP contribution < -0.4 is 15.4 Å². The van der Waals surface area contributed by atoms with E-state index in [9.17, 15) is 8.42 Å². The first kappa shape index (κ1) is 22.4. The summed E-state index contributed by atoms with van der Waals surface area (Å²) in [6, 6.07) is 0.411. The van der Waals surface area contributed by atoms with Gasteiger partial charge in [-0.15, -0.1) is 0 Å². The smallest absolute Gasteiger partial charge is 0.213 e. The first-order chi connectivity index (χ1) is 13.0. The Bertz CT molecular complexity index is 540. The topological polar surface area (TPSA) is 85.8 Å². The van der Waals surface area contributed by atoms with Gasteiger partial charge in [0.05, 0.1) is 12.3 Å². The summed E-state index contributed by atoms with van der Waals surface area (Å²) in [6.45, 7) is 9.34. The van der Waals surface area contributed by atoms with E-state index in [-0.39, 0.29) is 12.3 Å². The van der Waals surface area contributed by atoms with Gasteiger partial charge in [-0.25, -0.2) is 13.1 Å². The van der Waals surface area contributed by atoms with Crippen molar-refractivity contribution < 1.29 is 8.42 Å². The van der Waals surface area contributed by atoms with E-state index in [0.717, 1.165) is 51.3 Å². The zero-order valence-corrected chi connectivity index (χ0v) is 18.0. The molecule has 8 heteroatoms. The first-order valence-corrected chi connectivity index (χ1v) is 12.4. The quantitative estimate of drug-likeness (QED) is 0.361. The lowest BCUT2D eigenvalue weighted by Crippen LogP contribution is -2.49. The molecule has 2 rings (SSSR count). The lowest BCUT2D eigenvalue weighted by Gasteiger charge is -2.33.